The van der Waals surface area contributed by atoms with Crippen LogP contribution < -0.4 is 0 Å². The lowest BCUT2D eigenvalue weighted by Crippen LogP contribution is -2.29. The van der Waals surface area contributed by atoms with Gasteiger partial charge in [-0.1, -0.05) is 28.4 Å². The van der Waals surface area contributed by atoms with E-state index in [1.165, 1.54) is 13.1 Å². The maximum atomic E-state index is 13.2. The van der Waals surface area contributed by atoms with Crippen molar-refractivity contribution in [2.45, 2.75) is 11.3 Å². The third-order valence-electron chi connectivity index (χ3n) is 3.81. The molecule has 0 unspecified atom stereocenters. The van der Waals surface area contributed by atoms with E-state index in [4.69, 9.17) is 27.7 Å². The quantitative estimate of drug-likeness (QED) is 0.590. The zero-order valence-corrected chi connectivity index (χ0v) is 16.4. The molecule has 1 aromatic heterocycles. The van der Waals surface area contributed by atoms with E-state index >= 15 is 0 Å². The number of hydrogen-bond donors (Lipinski definition) is 0. The summed E-state index contributed by atoms with van der Waals surface area (Å²) in [5.41, 5.74) is 0.708. The number of halogens is 3. The zero-order valence-electron chi connectivity index (χ0n) is 14.1. The molecule has 0 bridgehead atoms. The highest BCUT2D eigenvalue weighted by molar-refractivity contribution is 7.89. The highest BCUT2D eigenvalue weighted by Gasteiger charge is 2.22. The molecule has 1 heterocycles. The average molecular weight is 430 g/mol. The Morgan fingerprint density at radius 1 is 1.15 bits per heavy atom. The molecule has 142 valence electrons. The summed E-state index contributed by atoms with van der Waals surface area (Å²) < 4.78 is 44.6. The van der Waals surface area contributed by atoms with Crippen LogP contribution in [0.1, 0.15) is 5.82 Å². The Labute approximate surface area is 165 Å². The van der Waals surface area contributed by atoms with Crippen molar-refractivity contribution in [2.75, 3.05) is 13.6 Å². The molecule has 0 spiro atoms. The van der Waals surface area contributed by atoms with Gasteiger partial charge in [0.25, 0.3) is 5.89 Å². The Balaban J connectivity index is 1.69. The van der Waals surface area contributed by atoms with Gasteiger partial charge in [0, 0.05) is 30.6 Å². The first kappa shape index (κ1) is 19.8. The van der Waals surface area contributed by atoms with Gasteiger partial charge in [-0.25, -0.2) is 17.1 Å². The largest absolute Gasteiger partial charge is 0.334 e. The number of nitrogens with zero attached hydrogens (tertiary/aromatic N) is 3. The molecule has 6 nitrogen and oxygen atoms in total. The summed E-state index contributed by atoms with van der Waals surface area (Å²) in [5.74, 6) is -0.00331. The van der Waals surface area contributed by atoms with Gasteiger partial charge in [-0.2, -0.15) is 4.98 Å². The summed E-state index contributed by atoms with van der Waals surface area (Å²) in [4.78, 5) is 4.16. The summed E-state index contributed by atoms with van der Waals surface area (Å²) in [6.07, 6.45) is 0.238. The van der Waals surface area contributed by atoms with Gasteiger partial charge in [0.05, 0.1) is 9.92 Å². The average Bonchev–Trinajstić information content (AvgIpc) is 3.11. The lowest BCUT2D eigenvalue weighted by molar-refractivity contribution is 0.415. The van der Waals surface area contributed by atoms with Crippen LogP contribution in [0.4, 0.5) is 4.39 Å². The van der Waals surface area contributed by atoms with Gasteiger partial charge in [-0.15, -0.1) is 0 Å². The summed E-state index contributed by atoms with van der Waals surface area (Å²) in [6, 6.07) is 10.2. The Hall–Kier alpha value is -2.00. The molecule has 0 aliphatic carbocycles. The summed E-state index contributed by atoms with van der Waals surface area (Å²) in [5, 5.41) is 4.19. The fraction of sp³-hybridized carbons (Fsp3) is 0.176. The van der Waals surface area contributed by atoms with Crippen molar-refractivity contribution in [2.24, 2.45) is 0 Å². The summed E-state index contributed by atoms with van der Waals surface area (Å²) in [7, 11) is -2.41. The molecule has 3 rings (SSSR count). The van der Waals surface area contributed by atoms with Crippen molar-refractivity contribution in [1.29, 1.82) is 0 Å². The van der Waals surface area contributed by atoms with E-state index in [2.05, 4.69) is 10.1 Å². The van der Waals surface area contributed by atoms with Gasteiger partial charge in [0.15, 0.2) is 5.82 Å². The molecule has 0 radical (unpaired) electrons. The highest BCUT2D eigenvalue weighted by atomic mass is 35.5. The number of hydrogen-bond acceptors (Lipinski definition) is 5. The molecule has 0 saturated heterocycles. The van der Waals surface area contributed by atoms with Crippen molar-refractivity contribution < 1.29 is 17.3 Å². The molecule has 0 saturated carbocycles. The van der Waals surface area contributed by atoms with Crippen LogP contribution in [0.3, 0.4) is 0 Å². The minimum absolute atomic E-state index is 0.0913. The Bertz CT molecular complexity index is 1060. The smallest absolute Gasteiger partial charge is 0.257 e. The SMILES string of the molecule is CN(CCc1noc(-c2ccc(Cl)cc2)n1)S(=O)(=O)c1ccc(F)c(Cl)c1. The first-order valence-electron chi connectivity index (χ1n) is 7.77. The predicted molar refractivity (Wildman–Crippen MR) is 99.7 cm³/mol. The monoisotopic (exact) mass is 429 g/mol. The van der Waals surface area contributed by atoms with Crippen LogP contribution in [0.5, 0.6) is 0 Å². The second-order valence-corrected chi connectivity index (χ2v) is 8.56. The zero-order chi connectivity index (χ0) is 19.6. The van der Waals surface area contributed by atoms with Crippen LogP contribution in [0, 0.1) is 5.82 Å². The summed E-state index contributed by atoms with van der Waals surface area (Å²) >= 11 is 11.5. The topological polar surface area (TPSA) is 76.3 Å². The van der Waals surface area contributed by atoms with E-state index in [0.29, 0.717) is 22.3 Å². The van der Waals surface area contributed by atoms with Crippen LogP contribution in [-0.2, 0) is 16.4 Å². The maximum absolute atomic E-state index is 13.2. The fourth-order valence-corrected chi connectivity index (χ4v) is 3.83. The second kappa shape index (κ2) is 7.93. The molecule has 0 aliphatic heterocycles. The van der Waals surface area contributed by atoms with E-state index in [9.17, 15) is 12.8 Å². The molecule has 0 fully saturated rings. The van der Waals surface area contributed by atoms with Crippen molar-refractivity contribution in [3.8, 4) is 11.5 Å². The van der Waals surface area contributed by atoms with Crippen LogP contribution in [0.15, 0.2) is 51.9 Å². The van der Waals surface area contributed by atoms with Crippen LogP contribution in [-0.4, -0.2) is 36.5 Å². The third-order valence-corrected chi connectivity index (χ3v) is 6.20. The van der Waals surface area contributed by atoms with E-state index in [0.717, 1.165) is 16.4 Å². The van der Waals surface area contributed by atoms with E-state index < -0.39 is 15.8 Å². The van der Waals surface area contributed by atoms with Crippen molar-refractivity contribution in [3.05, 3.63) is 64.2 Å². The minimum atomic E-state index is -3.82. The van der Waals surface area contributed by atoms with Crippen molar-refractivity contribution in [1.82, 2.24) is 14.4 Å². The summed E-state index contributed by atoms with van der Waals surface area (Å²) in [6.45, 7) is 0.108. The van der Waals surface area contributed by atoms with Crippen molar-refractivity contribution in [3.63, 3.8) is 0 Å². The van der Waals surface area contributed by atoms with Gasteiger partial charge >= 0.3 is 0 Å². The first-order valence-corrected chi connectivity index (χ1v) is 9.97. The van der Waals surface area contributed by atoms with E-state index in [1.807, 2.05) is 0 Å². The van der Waals surface area contributed by atoms with E-state index in [-0.39, 0.29) is 22.9 Å². The van der Waals surface area contributed by atoms with Crippen molar-refractivity contribution >= 4 is 33.2 Å². The molecule has 3 aromatic rings. The number of aromatic nitrogens is 2. The molecule has 0 aliphatic rings. The van der Waals surface area contributed by atoms with E-state index in [1.54, 1.807) is 24.3 Å². The van der Waals surface area contributed by atoms with Gasteiger partial charge < -0.3 is 4.52 Å². The molecule has 27 heavy (non-hydrogen) atoms. The predicted octanol–water partition coefficient (Wildman–Crippen LogP) is 4.05. The molecule has 0 N–H and O–H groups in total. The van der Waals surface area contributed by atoms with Crippen LogP contribution >= 0.6 is 23.2 Å². The normalized spacial score (nSPS) is 11.9. The lowest BCUT2D eigenvalue weighted by atomic mass is 10.2. The van der Waals surface area contributed by atoms with Crippen LogP contribution in [0.2, 0.25) is 10.0 Å². The van der Waals surface area contributed by atoms with Gasteiger partial charge in [-0.3, -0.25) is 0 Å². The molecular weight excluding hydrogens is 416 g/mol. The highest BCUT2D eigenvalue weighted by Crippen LogP contribution is 2.22. The van der Waals surface area contributed by atoms with Gasteiger partial charge in [0.1, 0.15) is 5.82 Å². The standard InChI is InChI=1S/C17H14Cl2FN3O3S/c1-23(27(24,25)13-6-7-15(20)14(19)10-13)9-8-16-21-17(26-22-16)11-2-4-12(18)5-3-11/h2-7,10H,8-9H2,1H3. The first-order chi connectivity index (χ1) is 12.8. The number of rotatable bonds is 6. The molecule has 2 aromatic carbocycles. The Morgan fingerprint density at radius 2 is 1.85 bits per heavy atom. The molecule has 0 atom stereocenters. The van der Waals surface area contributed by atoms with Gasteiger partial charge in [-0.05, 0) is 42.5 Å². The van der Waals surface area contributed by atoms with Gasteiger partial charge in [0.2, 0.25) is 10.0 Å². The number of benzene rings is 2. The van der Waals surface area contributed by atoms with Crippen LogP contribution in [0.25, 0.3) is 11.5 Å². The molecule has 0 amide bonds. The third kappa shape index (κ3) is 4.47. The number of sulfonamides is 1. The Morgan fingerprint density at radius 3 is 2.52 bits per heavy atom. The number of likely N-dealkylation sites (N-methyl/N-ethyl adjacent to an activating group) is 1. The molecule has 10 heteroatoms. The fourth-order valence-electron chi connectivity index (χ4n) is 2.26. The lowest BCUT2D eigenvalue weighted by Gasteiger charge is -2.16. The second-order valence-electron chi connectivity index (χ2n) is 5.68. The minimum Gasteiger partial charge on any atom is -0.334 e. The molecular formula is C17H14Cl2FN3O3S. The maximum Gasteiger partial charge on any atom is 0.257 e. The Kier molecular flexibility index (Phi) is 5.81.